The molecule has 4 heteroatoms. The maximum atomic E-state index is 11.5. The van der Waals surface area contributed by atoms with E-state index in [0.29, 0.717) is 0 Å². The highest BCUT2D eigenvalue weighted by molar-refractivity contribution is 5.74. The molecule has 1 atom stereocenters. The molecule has 0 aliphatic carbocycles. The molecule has 1 aliphatic rings. The molecule has 0 spiro atoms. The first kappa shape index (κ1) is 10.3. The van der Waals surface area contributed by atoms with Gasteiger partial charge in [-0.1, -0.05) is 6.92 Å². The van der Waals surface area contributed by atoms with Crippen LogP contribution in [-0.4, -0.2) is 41.8 Å². The van der Waals surface area contributed by atoms with Gasteiger partial charge in [0, 0.05) is 13.1 Å². The van der Waals surface area contributed by atoms with Crippen molar-refractivity contribution in [3.63, 3.8) is 0 Å². The predicted molar refractivity (Wildman–Crippen MR) is 50.5 cm³/mol. The van der Waals surface area contributed by atoms with Gasteiger partial charge in [0.1, 0.15) is 0 Å². The van der Waals surface area contributed by atoms with E-state index in [2.05, 4.69) is 5.32 Å². The van der Waals surface area contributed by atoms with E-state index >= 15 is 0 Å². The average molecular weight is 186 g/mol. The van der Waals surface area contributed by atoms with Crippen LogP contribution in [0, 0.1) is 0 Å². The quantitative estimate of drug-likeness (QED) is 0.676. The maximum absolute atomic E-state index is 11.5. The highest BCUT2D eigenvalue weighted by Crippen LogP contribution is 2.07. The SMILES string of the molecule is CCC(CO)NC(=O)N1CCCC1. The zero-order chi connectivity index (χ0) is 9.68. The van der Waals surface area contributed by atoms with E-state index in [-0.39, 0.29) is 18.7 Å². The molecule has 1 heterocycles. The summed E-state index contributed by atoms with van der Waals surface area (Å²) in [6, 6.07) is -0.119. The Hall–Kier alpha value is -0.770. The first-order valence-electron chi connectivity index (χ1n) is 4.94. The third-order valence-corrected chi connectivity index (χ3v) is 2.43. The van der Waals surface area contributed by atoms with Crippen LogP contribution in [0.5, 0.6) is 0 Å². The van der Waals surface area contributed by atoms with Gasteiger partial charge in [0.25, 0.3) is 0 Å². The zero-order valence-corrected chi connectivity index (χ0v) is 8.12. The number of likely N-dealkylation sites (tertiary alicyclic amines) is 1. The second-order valence-corrected chi connectivity index (χ2v) is 3.43. The maximum Gasteiger partial charge on any atom is 0.317 e. The third kappa shape index (κ3) is 2.88. The second-order valence-electron chi connectivity index (χ2n) is 3.43. The Morgan fingerprint density at radius 2 is 2.15 bits per heavy atom. The number of aliphatic hydroxyl groups excluding tert-OH is 1. The molecule has 0 radical (unpaired) electrons. The first-order valence-corrected chi connectivity index (χ1v) is 4.94. The van der Waals surface area contributed by atoms with Gasteiger partial charge in [0.15, 0.2) is 0 Å². The molecule has 1 unspecified atom stereocenters. The smallest absolute Gasteiger partial charge is 0.317 e. The summed E-state index contributed by atoms with van der Waals surface area (Å²) < 4.78 is 0. The van der Waals surface area contributed by atoms with E-state index < -0.39 is 0 Å². The normalized spacial score (nSPS) is 18.8. The largest absolute Gasteiger partial charge is 0.394 e. The lowest BCUT2D eigenvalue weighted by atomic mass is 10.2. The Morgan fingerprint density at radius 1 is 1.54 bits per heavy atom. The summed E-state index contributed by atoms with van der Waals surface area (Å²) >= 11 is 0. The molecule has 1 aliphatic heterocycles. The molecule has 13 heavy (non-hydrogen) atoms. The molecule has 0 aromatic heterocycles. The van der Waals surface area contributed by atoms with Gasteiger partial charge in [-0.25, -0.2) is 4.79 Å². The number of rotatable bonds is 3. The van der Waals surface area contributed by atoms with Gasteiger partial charge in [0.05, 0.1) is 12.6 Å². The molecule has 2 N–H and O–H groups in total. The number of amides is 2. The Balaban J connectivity index is 2.30. The number of hydrogen-bond donors (Lipinski definition) is 2. The van der Waals surface area contributed by atoms with Crippen molar-refractivity contribution in [2.45, 2.75) is 32.2 Å². The summed E-state index contributed by atoms with van der Waals surface area (Å²) in [5, 5.41) is 11.7. The summed E-state index contributed by atoms with van der Waals surface area (Å²) in [5.74, 6) is 0. The third-order valence-electron chi connectivity index (χ3n) is 2.43. The standard InChI is InChI=1S/C9H18N2O2/c1-2-8(7-12)10-9(13)11-5-3-4-6-11/h8,12H,2-7H2,1H3,(H,10,13). The van der Waals surface area contributed by atoms with Crippen molar-refractivity contribution < 1.29 is 9.90 Å². The van der Waals surface area contributed by atoms with Gasteiger partial charge < -0.3 is 15.3 Å². The van der Waals surface area contributed by atoms with Gasteiger partial charge in [-0.15, -0.1) is 0 Å². The van der Waals surface area contributed by atoms with Crippen LogP contribution in [0.2, 0.25) is 0 Å². The van der Waals surface area contributed by atoms with Crippen molar-refractivity contribution in [1.29, 1.82) is 0 Å². The highest BCUT2D eigenvalue weighted by atomic mass is 16.3. The van der Waals surface area contributed by atoms with Gasteiger partial charge in [-0.05, 0) is 19.3 Å². The summed E-state index contributed by atoms with van der Waals surface area (Å²) in [7, 11) is 0. The molecule has 76 valence electrons. The second kappa shape index (κ2) is 5.07. The van der Waals surface area contributed by atoms with E-state index in [4.69, 9.17) is 5.11 Å². The van der Waals surface area contributed by atoms with Gasteiger partial charge in [-0.2, -0.15) is 0 Å². The Labute approximate surface area is 78.9 Å². The van der Waals surface area contributed by atoms with Crippen LogP contribution in [-0.2, 0) is 0 Å². The summed E-state index contributed by atoms with van der Waals surface area (Å²) in [6.07, 6.45) is 2.97. The highest BCUT2D eigenvalue weighted by Gasteiger charge is 2.19. The van der Waals surface area contributed by atoms with Gasteiger partial charge in [0.2, 0.25) is 0 Å². The number of aliphatic hydroxyl groups is 1. The van der Waals surface area contributed by atoms with Crippen LogP contribution >= 0.6 is 0 Å². The average Bonchev–Trinajstić information content (AvgIpc) is 2.66. The molecule has 0 aromatic carbocycles. The van der Waals surface area contributed by atoms with Crippen LogP contribution in [0.1, 0.15) is 26.2 Å². The van der Waals surface area contributed by atoms with E-state index in [1.54, 1.807) is 4.90 Å². The molecule has 1 rings (SSSR count). The Bertz CT molecular complexity index is 163. The van der Waals surface area contributed by atoms with Gasteiger partial charge >= 0.3 is 6.03 Å². The zero-order valence-electron chi connectivity index (χ0n) is 8.12. The molecule has 4 nitrogen and oxygen atoms in total. The molecule has 0 saturated carbocycles. The number of urea groups is 1. The van der Waals surface area contributed by atoms with Crippen LogP contribution in [0.15, 0.2) is 0 Å². The van der Waals surface area contributed by atoms with Crippen LogP contribution < -0.4 is 5.32 Å². The number of carbonyl (C=O) groups excluding carboxylic acids is 1. The van der Waals surface area contributed by atoms with Crippen molar-refractivity contribution in [2.24, 2.45) is 0 Å². The summed E-state index contributed by atoms with van der Waals surface area (Å²) in [4.78, 5) is 13.3. The molecular formula is C9H18N2O2. The van der Waals surface area contributed by atoms with Crippen LogP contribution in [0.3, 0.4) is 0 Å². The number of carbonyl (C=O) groups is 1. The molecule has 1 saturated heterocycles. The lowest BCUT2D eigenvalue weighted by Crippen LogP contribution is -2.44. The molecule has 0 bridgehead atoms. The van der Waals surface area contributed by atoms with E-state index in [1.807, 2.05) is 6.92 Å². The molecular weight excluding hydrogens is 168 g/mol. The molecule has 2 amide bonds. The monoisotopic (exact) mass is 186 g/mol. The van der Waals surface area contributed by atoms with Gasteiger partial charge in [-0.3, -0.25) is 0 Å². The fourth-order valence-corrected chi connectivity index (χ4v) is 1.46. The lowest BCUT2D eigenvalue weighted by molar-refractivity contribution is 0.189. The van der Waals surface area contributed by atoms with E-state index in [0.717, 1.165) is 32.4 Å². The summed E-state index contributed by atoms with van der Waals surface area (Å²) in [5.41, 5.74) is 0. The number of nitrogens with one attached hydrogen (secondary N) is 1. The summed E-state index contributed by atoms with van der Waals surface area (Å²) in [6.45, 7) is 3.68. The lowest BCUT2D eigenvalue weighted by Gasteiger charge is -2.20. The minimum absolute atomic E-state index is 0.0239. The predicted octanol–water partition coefficient (Wildman–Crippen LogP) is 0.563. The van der Waals surface area contributed by atoms with E-state index in [9.17, 15) is 4.79 Å². The number of hydrogen-bond acceptors (Lipinski definition) is 2. The van der Waals surface area contributed by atoms with Crippen molar-refractivity contribution in [3.8, 4) is 0 Å². The van der Waals surface area contributed by atoms with E-state index in [1.165, 1.54) is 0 Å². The van der Waals surface area contributed by atoms with Crippen molar-refractivity contribution in [1.82, 2.24) is 10.2 Å². The minimum atomic E-state index is -0.0897. The molecule has 0 aromatic rings. The minimum Gasteiger partial charge on any atom is -0.394 e. The Morgan fingerprint density at radius 3 is 2.62 bits per heavy atom. The Kier molecular flexibility index (Phi) is 4.02. The molecule has 1 fully saturated rings. The first-order chi connectivity index (χ1) is 6.27. The van der Waals surface area contributed by atoms with Crippen LogP contribution in [0.25, 0.3) is 0 Å². The van der Waals surface area contributed by atoms with Crippen molar-refractivity contribution >= 4 is 6.03 Å². The van der Waals surface area contributed by atoms with Crippen molar-refractivity contribution in [3.05, 3.63) is 0 Å². The van der Waals surface area contributed by atoms with Crippen LogP contribution in [0.4, 0.5) is 4.79 Å². The topological polar surface area (TPSA) is 52.6 Å². The fourth-order valence-electron chi connectivity index (χ4n) is 1.46. The number of nitrogens with zero attached hydrogens (tertiary/aromatic N) is 1. The van der Waals surface area contributed by atoms with Crippen molar-refractivity contribution in [2.75, 3.05) is 19.7 Å². The fraction of sp³-hybridized carbons (Fsp3) is 0.889.